The van der Waals surface area contributed by atoms with Gasteiger partial charge in [-0.05, 0) is 18.6 Å². The Balaban J connectivity index is 2.83. The Morgan fingerprint density at radius 1 is 1.24 bits per heavy atom. The van der Waals surface area contributed by atoms with Gasteiger partial charge >= 0.3 is 0 Å². The van der Waals surface area contributed by atoms with Crippen LogP contribution in [-0.4, -0.2) is 30.8 Å². The summed E-state index contributed by atoms with van der Waals surface area (Å²) in [4.78, 5) is 2.12. The molecule has 0 saturated carbocycles. The van der Waals surface area contributed by atoms with Crippen molar-refractivity contribution in [3.05, 3.63) is 29.8 Å². The summed E-state index contributed by atoms with van der Waals surface area (Å²) in [6.07, 6.45) is 0. The van der Waals surface area contributed by atoms with E-state index in [1.165, 1.54) is 11.3 Å². The van der Waals surface area contributed by atoms with Crippen molar-refractivity contribution in [1.29, 1.82) is 0 Å². The first-order valence-electron chi connectivity index (χ1n) is 6.21. The van der Waals surface area contributed by atoms with E-state index in [2.05, 4.69) is 42.3 Å². The molecule has 3 nitrogen and oxygen atoms in total. The third-order valence-electron chi connectivity index (χ3n) is 3.00. The summed E-state index contributed by atoms with van der Waals surface area (Å²) in [6.45, 7) is 7.33. The highest BCUT2D eigenvalue weighted by atomic mass is 16.3. The van der Waals surface area contributed by atoms with E-state index in [9.17, 15) is 5.11 Å². The minimum atomic E-state index is 0.134. The minimum absolute atomic E-state index is 0.134. The lowest BCUT2D eigenvalue weighted by atomic mass is 10.1. The fourth-order valence-corrected chi connectivity index (χ4v) is 1.68. The molecule has 17 heavy (non-hydrogen) atoms. The number of rotatable bonds is 6. The SMILES string of the molecule is CC(C)NCc1ccccc1N(C)C(C)CO. The van der Waals surface area contributed by atoms with Crippen molar-refractivity contribution >= 4 is 5.69 Å². The van der Waals surface area contributed by atoms with E-state index in [0.717, 1.165) is 6.54 Å². The number of hydrogen-bond donors (Lipinski definition) is 2. The Morgan fingerprint density at radius 2 is 1.88 bits per heavy atom. The van der Waals surface area contributed by atoms with Crippen molar-refractivity contribution < 1.29 is 5.11 Å². The van der Waals surface area contributed by atoms with Gasteiger partial charge in [0.2, 0.25) is 0 Å². The normalized spacial score (nSPS) is 12.8. The smallest absolute Gasteiger partial charge is 0.0632 e. The molecular weight excluding hydrogens is 212 g/mol. The first-order chi connectivity index (χ1) is 8.06. The quantitative estimate of drug-likeness (QED) is 0.793. The van der Waals surface area contributed by atoms with Gasteiger partial charge in [0.25, 0.3) is 0 Å². The van der Waals surface area contributed by atoms with Crippen molar-refractivity contribution in [3.63, 3.8) is 0 Å². The van der Waals surface area contributed by atoms with Gasteiger partial charge in [-0.3, -0.25) is 0 Å². The average molecular weight is 236 g/mol. The zero-order valence-electron chi connectivity index (χ0n) is 11.3. The molecule has 96 valence electrons. The summed E-state index contributed by atoms with van der Waals surface area (Å²) in [6, 6.07) is 8.93. The molecule has 0 aliphatic rings. The molecule has 0 aliphatic carbocycles. The Hall–Kier alpha value is -1.06. The second-order valence-electron chi connectivity index (χ2n) is 4.81. The molecule has 0 heterocycles. The van der Waals surface area contributed by atoms with Crippen molar-refractivity contribution in [2.75, 3.05) is 18.6 Å². The highest BCUT2D eigenvalue weighted by molar-refractivity contribution is 5.53. The molecule has 0 spiro atoms. The van der Waals surface area contributed by atoms with Crippen LogP contribution >= 0.6 is 0 Å². The molecule has 0 aromatic heterocycles. The van der Waals surface area contributed by atoms with Crippen LogP contribution in [0.5, 0.6) is 0 Å². The van der Waals surface area contributed by atoms with E-state index >= 15 is 0 Å². The lowest BCUT2D eigenvalue weighted by Crippen LogP contribution is -2.33. The number of aliphatic hydroxyl groups is 1. The molecular formula is C14H24N2O. The summed E-state index contributed by atoms with van der Waals surface area (Å²) in [5.41, 5.74) is 2.45. The molecule has 0 aliphatic heterocycles. The van der Waals surface area contributed by atoms with Gasteiger partial charge in [-0.2, -0.15) is 0 Å². The van der Waals surface area contributed by atoms with E-state index in [0.29, 0.717) is 6.04 Å². The Labute approximate surface area is 104 Å². The lowest BCUT2D eigenvalue weighted by molar-refractivity contribution is 0.270. The molecule has 3 heteroatoms. The van der Waals surface area contributed by atoms with Crippen LogP contribution in [0.15, 0.2) is 24.3 Å². The van der Waals surface area contributed by atoms with E-state index < -0.39 is 0 Å². The van der Waals surface area contributed by atoms with Gasteiger partial charge in [-0.25, -0.2) is 0 Å². The molecule has 1 aromatic rings. The number of aliphatic hydroxyl groups excluding tert-OH is 1. The molecule has 0 saturated heterocycles. The molecule has 0 bridgehead atoms. The predicted octanol–water partition coefficient (Wildman–Crippen LogP) is 2.00. The minimum Gasteiger partial charge on any atom is -0.394 e. The monoisotopic (exact) mass is 236 g/mol. The predicted molar refractivity (Wildman–Crippen MR) is 73.4 cm³/mol. The van der Waals surface area contributed by atoms with Crippen molar-refractivity contribution in [1.82, 2.24) is 5.32 Å². The molecule has 0 fully saturated rings. The van der Waals surface area contributed by atoms with Crippen LogP contribution in [0.2, 0.25) is 0 Å². The van der Waals surface area contributed by atoms with E-state index in [1.54, 1.807) is 0 Å². The Kier molecular flexibility index (Phi) is 5.45. The van der Waals surface area contributed by atoms with E-state index in [4.69, 9.17) is 0 Å². The highest BCUT2D eigenvalue weighted by Crippen LogP contribution is 2.20. The molecule has 1 atom stereocenters. The van der Waals surface area contributed by atoms with E-state index in [-0.39, 0.29) is 12.6 Å². The topological polar surface area (TPSA) is 35.5 Å². The molecule has 1 aromatic carbocycles. The molecule has 0 radical (unpaired) electrons. The largest absolute Gasteiger partial charge is 0.394 e. The number of likely N-dealkylation sites (N-methyl/N-ethyl adjacent to an activating group) is 1. The molecule has 1 unspecified atom stereocenters. The average Bonchev–Trinajstić information content (AvgIpc) is 2.34. The van der Waals surface area contributed by atoms with Gasteiger partial charge in [0.15, 0.2) is 0 Å². The van der Waals surface area contributed by atoms with Crippen LogP contribution in [0.3, 0.4) is 0 Å². The van der Waals surface area contributed by atoms with Crippen molar-refractivity contribution in [2.45, 2.75) is 39.4 Å². The number of nitrogens with zero attached hydrogens (tertiary/aromatic N) is 1. The standard InChI is InChI=1S/C14H24N2O/c1-11(2)15-9-13-7-5-6-8-14(13)16(4)12(3)10-17/h5-8,11-12,15,17H,9-10H2,1-4H3. The Morgan fingerprint density at radius 3 is 2.47 bits per heavy atom. The number of hydrogen-bond acceptors (Lipinski definition) is 3. The summed E-state index contributed by atoms with van der Waals surface area (Å²) in [7, 11) is 2.02. The molecule has 2 N–H and O–H groups in total. The van der Waals surface area contributed by atoms with Crippen molar-refractivity contribution in [2.24, 2.45) is 0 Å². The Bertz CT molecular complexity index is 339. The summed E-state index contributed by atoms with van der Waals surface area (Å²) in [5.74, 6) is 0. The van der Waals surface area contributed by atoms with Gasteiger partial charge in [0, 0.05) is 31.4 Å². The lowest BCUT2D eigenvalue weighted by Gasteiger charge is -2.28. The van der Waals surface area contributed by atoms with Crippen LogP contribution in [-0.2, 0) is 6.54 Å². The maximum absolute atomic E-state index is 9.22. The van der Waals surface area contributed by atoms with Gasteiger partial charge in [-0.1, -0.05) is 32.0 Å². The maximum Gasteiger partial charge on any atom is 0.0632 e. The van der Waals surface area contributed by atoms with Crippen LogP contribution in [0.4, 0.5) is 5.69 Å². The van der Waals surface area contributed by atoms with Crippen LogP contribution < -0.4 is 10.2 Å². The number of nitrogens with one attached hydrogen (secondary N) is 1. The first-order valence-corrected chi connectivity index (χ1v) is 6.21. The second-order valence-corrected chi connectivity index (χ2v) is 4.81. The summed E-state index contributed by atoms with van der Waals surface area (Å²) in [5, 5.41) is 12.6. The van der Waals surface area contributed by atoms with Gasteiger partial charge in [-0.15, -0.1) is 0 Å². The van der Waals surface area contributed by atoms with Gasteiger partial charge < -0.3 is 15.3 Å². The molecule has 0 amide bonds. The van der Waals surface area contributed by atoms with Crippen molar-refractivity contribution in [3.8, 4) is 0 Å². The number of benzene rings is 1. The van der Waals surface area contributed by atoms with Gasteiger partial charge in [0.05, 0.1) is 6.61 Å². The fraction of sp³-hybridized carbons (Fsp3) is 0.571. The van der Waals surface area contributed by atoms with Crippen LogP contribution in [0, 0.1) is 0 Å². The second kappa shape index (κ2) is 6.62. The number of para-hydroxylation sites is 1. The zero-order valence-corrected chi connectivity index (χ0v) is 11.3. The summed E-state index contributed by atoms with van der Waals surface area (Å²) >= 11 is 0. The third kappa shape index (κ3) is 4.02. The maximum atomic E-state index is 9.22. The van der Waals surface area contributed by atoms with Crippen LogP contribution in [0.1, 0.15) is 26.3 Å². The zero-order chi connectivity index (χ0) is 12.8. The number of anilines is 1. The fourth-order valence-electron chi connectivity index (χ4n) is 1.68. The van der Waals surface area contributed by atoms with Crippen LogP contribution in [0.25, 0.3) is 0 Å². The third-order valence-corrected chi connectivity index (χ3v) is 3.00. The highest BCUT2D eigenvalue weighted by Gasteiger charge is 2.12. The summed E-state index contributed by atoms with van der Waals surface area (Å²) < 4.78 is 0. The van der Waals surface area contributed by atoms with Gasteiger partial charge in [0.1, 0.15) is 0 Å². The molecule has 1 rings (SSSR count). The first kappa shape index (κ1) is 14.0. The van der Waals surface area contributed by atoms with E-state index in [1.807, 2.05) is 20.0 Å².